The highest BCUT2D eigenvalue weighted by atomic mass is 35.5. The molecule has 0 saturated carbocycles. The van der Waals surface area contributed by atoms with Crippen LogP contribution in [0.4, 0.5) is 0 Å². The summed E-state index contributed by atoms with van der Waals surface area (Å²) in [4.78, 5) is 9.75. The Morgan fingerprint density at radius 3 is 3.00 bits per heavy atom. The van der Waals surface area contributed by atoms with Gasteiger partial charge in [0.05, 0.1) is 16.5 Å². The highest BCUT2D eigenvalue weighted by molar-refractivity contribution is 7.13. The van der Waals surface area contributed by atoms with E-state index in [1.54, 1.807) is 11.3 Å². The van der Waals surface area contributed by atoms with Crippen molar-refractivity contribution in [2.45, 2.75) is 12.8 Å². The molecule has 0 aliphatic heterocycles. The van der Waals surface area contributed by atoms with Crippen molar-refractivity contribution in [3.63, 3.8) is 0 Å². The van der Waals surface area contributed by atoms with Crippen LogP contribution in [-0.4, -0.2) is 9.97 Å². The summed E-state index contributed by atoms with van der Waals surface area (Å²) < 4.78 is 0. The van der Waals surface area contributed by atoms with Crippen LogP contribution in [0.1, 0.15) is 11.3 Å². The fraction of sp³-hybridized carbons (Fsp3) is 0.200. The number of aromatic nitrogens is 2. The minimum Gasteiger partial charge on any atom is -0.236 e. The summed E-state index contributed by atoms with van der Waals surface area (Å²) in [7, 11) is 0. The van der Waals surface area contributed by atoms with Gasteiger partial charge in [0.25, 0.3) is 0 Å². The van der Waals surface area contributed by atoms with E-state index in [9.17, 15) is 0 Å². The van der Waals surface area contributed by atoms with Gasteiger partial charge < -0.3 is 0 Å². The molecule has 2 heterocycles. The molecule has 0 atom stereocenters. The second-order valence-corrected chi connectivity index (χ2v) is 4.15. The van der Waals surface area contributed by atoms with E-state index in [4.69, 9.17) is 11.6 Å². The molecule has 0 unspecified atom stereocenters. The zero-order valence-electron chi connectivity index (χ0n) is 7.70. The number of aryl methyl sites for hydroxylation is 1. The van der Waals surface area contributed by atoms with Crippen LogP contribution in [-0.2, 0) is 5.88 Å². The van der Waals surface area contributed by atoms with Crippen LogP contribution in [0.2, 0.25) is 0 Å². The van der Waals surface area contributed by atoms with E-state index >= 15 is 0 Å². The van der Waals surface area contributed by atoms with Gasteiger partial charge in [0.15, 0.2) is 5.82 Å². The minimum atomic E-state index is 0.437. The summed E-state index contributed by atoms with van der Waals surface area (Å²) in [6.45, 7) is 1.97. The molecule has 2 aromatic heterocycles. The molecule has 0 aliphatic rings. The van der Waals surface area contributed by atoms with Crippen molar-refractivity contribution in [1.82, 2.24) is 9.97 Å². The number of nitrogens with zero attached hydrogens (tertiary/aromatic N) is 2. The van der Waals surface area contributed by atoms with Gasteiger partial charge in [-0.25, -0.2) is 9.97 Å². The molecule has 0 fully saturated rings. The summed E-state index contributed by atoms with van der Waals surface area (Å²) in [6.07, 6.45) is 1.82. The Morgan fingerprint density at radius 1 is 1.50 bits per heavy atom. The van der Waals surface area contributed by atoms with Gasteiger partial charge in [0, 0.05) is 6.20 Å². The van der Waals surface area contributed by atoms with Gasteiger partial charge in [-0.3, -0.25) is 0 Å². The van der Waals surface area contributed by atoms with Crippen molar-refractivity contribution in [3.8, 4) is 10.7 Å². The Morgan fingerprint density at radius 2 is 2.36 bits per heavy atom. The highest BCUT2D eigenvalue weighted by Gasteiger charge is 2.05. The molecule has 2 rings (SSSR count). The molecular weight excluding hydrogens is 216 g/mol. The molecule has 0 radical (unpaired) electrons. The molecule has 2 aromatic rings. The summed E-state index contributed by atoms with van der Waals surface area (Å²) >= 11 is 7.41. The van der Waals surface area contributed by atoms with Crippen molar-refractivity contribution in [1.29, 1.82) is 0 Å². The minimum absolute atomic E-state index is 0.437. The van der Waals surface area contributed by atoms with Crippen LogP contribution < -0.4 is 0 Å². The second kappa shape index (κ2) is 4.07. The molecule has 0 bridgehead atoms. The number of rotatable bonds is 2. The van der Waals surface area contributed by atoms with Gasteiger partial charge >= 0.3 is 0 Å². The average Bonchev–Trinajstić information content (AvgIpc) is 2.71. The van der Waals surface area contributed by atoms with Gasteiger partial charge in [-0.2, -0.15) is 0 Å². The van der Waals surface area contributed by atoms with Crippen molar-refractivity contribution in [3.05, 3.63) is 35.0 Å². The fourth-order valence-corrected chi connectivity index (χ4v) is 2.07. The van der Waals surface area contributed by atoms with Gasteiger partial charge in [-0.1, -0.05) is 6.07 Å². The van der Waals surface area contributed by atoms with Crippen molar-refractivity contribution in [2.24, 2.45) is 0 Å². The topological polar surface area (TPSA) is 25.8 Å². The molecule has 4 heteroatoms. The number of thiophene rings is 1. The number of halogens is 1. The molecule has 0 N–H and O–H groups in total. The third-order valence-electron chi connectivity index (χ3n) is 1.94. The van der Waals surface area contributed by atoms with Crippen molar-refractivity contribution in [2.75, 3.05) is 0 Å². The van der Waals surface area contributed by atoms with Gasteiger partial charge in [0.2, 0.25) is 0 Å². The monoisotopic (exact) mass is 224 g/mol. The predicted octanol–water partition coefficient (Wildman–Crippen LogP) is 3.25. The summed E-state index contributed by atoms with van der Waals surface area (Å²) in [6, 6.07) is 4.00. The van der Waals surface area contributed by atoms with Crippen LogP contribution in [0.25, 0.3) is 10.7 Å². The van der Waals surface area contributed by atoms with Crippen LogP contribution in [0.15, 0.2) is 23.7 Å². The van der Waals surface area contributed by atoms with Gasteiger partial charge in [-0.15, -0.1) is 22.9 Å². The third kappa shape index (κ3) is 1.79. The Kier molecular flexibility index (Phi) is 2.79. The normalized spacial score (nSPS) is 10.4. The lowest BCUT2D eigenvalue weighted by Gasteiger charge is -2.02. The van der Waals surface area contributed by atoms with Crippen LogP contribution in [0.5, 0.6) is 0 Å². The lowest BCUT2D eigenvalue weighted by Crippen LogP contribution is -1.95. The Balaban J connectivity index is 2.46. The zero-order valence-corrected chi connectivity index (χ0v) is 9.27. The summed E-state index contributed by atoms with van der Waals surface area (Å²) in [5, 5.41) is 2.01. The Bertz CT molecular complexity index is 426. The largest absolute Gasteiger partial charge is 0.236 e. The Hall–Kier alpha value is -0.930. The van der Waals surface area contributed by atoms with E-state index in [-0.39, 0.29) is 0 Å². The van der Waals surface area contributed by atoms with Crippen LogP contribution in [0, 0.1) is 6.92 Å². The molecule has 0 aliphatic carbocycles. The van der Waals surface area contributed by atoms with E-state index in [1.165, 1.54) is 0 Å². The first-order valence-corrected chi connectivity index (χ1v) is 5.65. The Labute approximate surface area is 91.6 Å². The lowest BCUT2D eigenvalue weighted by molar-refractivity contribution is 1.06. The number of alkyl halides is 1. The second-order valence-electron chi connectivity index (χ2n) is 2.93. The standard InChI is InChI=1S/C10H9ClN2S/c1-7-6-12-10(13-8(7)5-11)9-3-2-4-14-9/h2-4,6H,5H2,1H3. The third-order valence-corrected chi connectivity index (χ3v) is 3.06. The predicted molar refractivity (Wildman–Crippen MR) is 59.6 cm³/mol. The van der Waals surface area contributed by atoms with E-state index in [1.807, 2.05) is 30.6 Å². The first-order chi connectivity index (χ1) is 6.81. The zero-order chi connectivity index (χ0) is 9.97. The molecule has 0 amide bonds. The molecule has 0 saturated heterocycles. The SMILES string of the molecule is Cc1cnc(-c2cccs2)nc1CCl. The highest BCUT2D eigenvalue weighted by Crippen LogP contribution is 2.21. The van der Waals surface area contributed by atoms with Gasteiger partial charge in [-0.05, 0) is 23.9 Å². The summed E-state index contributed by atoms with van der Waals surface area (Å²) in [5.41, 5.74) is 1.95. The van der Waals surface area contributed by atoms with Crippen LogP contribution in [0.3, 0.4) is 0 Å². The fourth-order valence-electron chi connectivity index (χ4n) is 1.14. The summed E-state index contributed by atoms with van der Waals surface area (Å²) in [5.74, 6) is 1.20. The molecule has 72 valence electrons. The van der Waals surface area contributed by atoms with E-state index in [0.717, 1.165) is 22.0 Å². The molecule has 2 nitrogen and oxygen atoms in total. The maximum absolute atomic E-state index is 5.78. The van der Waals surface area contributed by atoms with Gasteiger partial charge in [0.1, 0.15) is 0 Å². The number of hydrogen-bond acceptors (Lipinski definition) is 3. The van der Waals surface area contributed by atoms with Crippen LogP contribution >= 0.6 is 22.9 Å². The van der Waals surface area contributed by atoms with E-state index in [0.29, 0.717) is 5.88 Å². The number of hydrogen-bond donors (Lipinski definition) is 0. The van der Waals surface area contributed by atoms with Crippen molar-refractivity contribution >= 4 is 22.9 Å². The van der Waals surface area contributed by atoms with Crippen molar-refractivity contribution < 1.29 is 0 Å². The molecule has 0 spiro atoms. The smallest absolute Gasteiger partial charge is 0.169 e. The van der Waals surface area contributed by atoms with E-state index in [2.05, 4.69) is 9.97 Å². The molecule has 0 aromatic carbocycles. The molecule has 14 heavy (non-hydrogen) atoms. The first-order valence-electron chi connectivity index (χ1n) is 4.23. The van der Waals surface area contributed by atoms with E-state index < -0.39 is 0 Å². The maximum Gasteiger partial charge on any atom is 0.169 e. The maximum atomic E-state index is 5.78. The average molecular weight is 225 g/mol. The first kappa shape index (κ1) is 9.62. The molecular formula is C10H9ClN2S. The lowest BCUT2D eigenvalue weighted by atomic mass is 10.3. The quantitative estimate of drug-likeness (QED) is 0.732.